The van der Waals surface area contributed by atoms with Crippen molar-refractivity contribution in [2.24, 2.45) is 5.73 Å². The van der Waals surface area contributed by atoms with Gasteiger partial charge in [0.05, 0.1) is 6.04 Å². The first-order valence-corrected chi connectivity index (χ1v) is 6.25. The van der Waals surface area contributed by atoms with Crippen molar-refractivity contribution in [3.8, 4) is 0 Å². The summed E-state index contributed by atoms with van der Waals surface area (Å²) in [5.41, 5.74) is 5.73. The minimum Gasteiger partial charge on any atom is -0.355 e. The molecule has 0 fully saturated rings. The maximum absolute atomic E-state index is 11.4. The molecule has 3 N–H and O–H groups in total. The fourth-order valence-electron chi connectivity index (χ4n) is 1.45. The second kappa shape index (κ2) is 9.97. The monoisotopic (exact) mass is 214 g/mol. The number of nitrogens with one attached hydrogen (secondary N) is 1. The number of hydrogen-bond donors (Lipinski definition) is 2. The molecule has 1 atom stereocenters. The van der Waals surface area contributed by atoms with Gasteiger partial charge in [-0.3, -0.25) is 4.79 Å². The lowest BCUT2D eigenvalue weighted by atomic mass is 10.1. The standard InChI is InChI=1S/C12H26N2O/c1-3-5-7-8-10-14-12(15)11(13)9-6-4-2/h11H,3-10,13H2,1-2H3,(H,14,15)/t11-/m0/s1. The number of carbonyl (C=O) groups excluding carboxylic acids is 1. The van der Waals surface area contributed by atoms with Crippen molar-refractivity contribution >= 4 is 5.91 Å². The van der Waals surface area contributed by atoms with Crippen molar-refractivity contribution in [2.75, 3.05) is 6.54 Å². The van der Waals surface area contributed by atoms with E-state index >= 15 is 0 Å². The Labute approximate surface area is 93.8 Å². The zero-order valence-electron chi connectivity index (χ0n) is 10.2. The lowest BCUT2D eigenvalue weighted by Gasteiger charge is -2.11. The molecule has 0 unspecified atom stereocenters. The summed E-state index contributed by atoms with van der Waals surface area (Å²) in [4.78, 5) is 11.4. The molecule has 0 heterocycles. The molecule has 0 bridgehead atoms. The van der Waals surface area contributed by atoms with Gasteiger partial charge in [0.2, 0.25) is 5.91 Å². The van der Waals surface area contributed by atoms with E-state index in [0.717, 1.165) is 32.2 Å². The van der Waals surface area contributed by atoms with Crippen molar-refractivity contribution in [2.45, 2.75) is 64.8 Å². The normalized spacial score (nSPS) is 12.5. The summed E-state index contributed by atoms with van der Waals surface area (Å²) in [6.07, 6.45) is 7.67. The SMILES string of the molecule is CCCCCCNC(=O)[C@@H](N)CCCC. The van der Waals surface area contributed by atoms with Crippen LogP contribution in [0.5, 0.6) is 0 Å². The number of hydrogen-bond acceptors (Lipinski definition) is 2. The highest BCUT2D eigenvalue weighted by molar-refractivity contribution is 5.81. The highest BCUT2D eigenvalue weighted by Crippen LogP contribution is 1.99. The largest absolute Gasteiger partial charge is 0.355 e. The summed E-state index contributed by atoms with van der Waals surface area (Å²) < 4.78 is 0. The predicted octanol–water partition coefficient (Wildman–Crippen LogP) is 2.20. The molecule has 0 aliphatic carbocycles. The molecule has 1 amide bonds. The molecule has 0 aromatic rings. The highest BCUT2D eigenvalue weighted by Gasteiger charge is 2.11. The van der Waals surface area contributed by atoms with E-state index in [-0.39, 0.29) is 11.9 Å². The molecular formula is C12H26N2O. The van der Waals surface area contributed by atoms with Gasteiger partial charge in [-0.1, -0.05) is 46.0 Å². The Hall–Kier alpha value is -0.570. The van der Waals surface area contributed by atoms with Gasteiger partial charge in [-0.25, -0.2) is 0 Å². The Morgan fingerprint density at radius 3 is 2.40 bits per heavy atom. The average Bonchev–Trinajstić information content (AvgIpc) is 2.25. The van der Waals surface area contributed by atoms with Crippen LogP contribution in [0, 0.1) is 0 Å². The molecule has 0 aromatic heterocycles. The Kier molecular flexibility index (Phi) is 9.59. The van der Waals surface area contributed by atoms with Gasteiger partial charge >= 0.3 is 0 Å². The van der Waals surface area contributed by atoms with Crippen LogP contribution in [0.25, 0.3) is 0 Å². The zero-order valence-corrected chi connectivity index (χ0v) is 10.2. The fourth-order valence-corrected chi connectivity index (χ4v) is 1.45. The van der Waals surface area contributed by atoms with E-state index < -0.39 is 0 Å². The molecule has 0 saturated heterocycles. The van der Waals surface area contributed by atoms with Gasteiger partial charge in [-0.05, 0) is 12.8 Å². The van der Waals surface area contributed by atoms with Crippen LogP contribution in [0.3, 0.4) is 0 Å². The molecule has 3 nitrogen and oxygen atoms in total. The van der Waals surface area contributed by atoms with Crippen LogP contribution in [0.4, 0.5) is 0 Å². The van der Waals surface area contributed by atoms with E-state index in [9.17, 15) is 4.79 Å². The number of amides is 1. The van der Waals surface area contributed by atoms with Crippen LogP contribution in [0.2, 0.25) is 0 Å². The van der Waals surface area contributed by atoms with Gasteiger partial charge in [-0.2, -0.15) is 0 Å². The van der Waals surface area contributed by atoms with Gasteiger partial charge in [0.15, 0.2) is 0 Å². The minimum absolute atomic E-state index is 0.0138. The number of unbranched alkanes of at least 4 members (excludes halogenated alkanes) is 4. The lowest BCUT2D eigenvalue weighted by Crippen LogP contribution is -2.40. The Balaban J connectivity index is 3.38. The van der Waals surface area contributed by atoms with E-state index in [2.05, 4.69) is 19.2 Å². The Bertz CT molecular complexity index is 160. The van der Waals surface area contributed by atoms with Crippen LogP contribution in [-0.4, -0.2) is 18.5 Å². The zero-order chi connectivity index (χ0) is 11.5. The quantitative estimate of drug-likeness (QED) is 0.578. The third kappa shape index (κ3) is 8.43. The number of carbonyl (C=O) groups is 1. The predicted molar refractivity (Wildman–Crippen MR) is 64.7 cm³/mol. The van der Waals surface area contributed by atoms with E-state index in [0.29, 0.717) is 0 Å². The minimum atomic E-state index is -0.309. The van der Waals surface area contributed by atoms with Crippen LogP contribution in [0.15, 0.2) is 0 Å². The number of rotatable bonds is 9. The van der Waals surface area contributed by atoms with Gasteiger partial charge in [0, 0.05) is 6.54 Å². The van der Waals surface area contributed by atoms with Crippen molar-refractivity contribution < 1.29 is 4.79 Å². The Morgan fingerprint density at radius 1 is 1.13 bits per heavy atom. The van der Waals surface area contributed by atoms with Gasteiger partial charge in [0.1, 0.15) is 0 Å². The van der Waals surface area contributed by atoms with Crippen molar-refractivity contribution in [3.63, 3.8) is 0 Å². The lowest BCUT2D eigenvalue weighted by molar-refractivity contribution is -0.122. The molecule has 0 aromatic carbocycles. The smallest absolute Gasteiger partial charge is 0.236 e. The fraction of sp³-hybridized carbons (Fsp3) is 0.917. The van der Waals surface area contributed by atoms with Crippen LogP contribution in [0.1, 0.15) is 58.8 Å². The summed E-state index contributed by atoms with van der Waals surface area (Å²) in [5.74, 6) is 0.0138. The van der Waals surface area contributed by atoms with Crippen molar-refractivity contribution in [1.29, 1.82) is 0 Å². The maximum Gasteiger partial charge on any atom is 0.236 e. The Morgan fingerprint density at radius 2 is 1.80 bits per heavy atom. The second-order valence-electron chi connectivity index (χ2n) is 4.10. The first-order valence-electron chi connectivity index (χ1n) is 6.25. The maximum atomic E-state index is 11.4. The van der Waals surface area contributed by atoms with Crippen molar-refractivity contribution in [1.82, 2.24) is 5.32 Å². The molecule has 0 rings (SSSR count). The molecule has 0 spiro atoms. The van der Waals surface area contributed by atoms with Crippen LogP contribution < -0.4 is 11.1 Å². The molecular weight excluding hydrogens is 188 g/mol. The van der Waals surface area contributed by atoms with E-state index in [1.807, 2.05) is 0 Å². The van der Waals surface area contributed by atoms with E-state index in [1.54, 1.807) is 0 Å². The van der Waals surface area contributed by atoms with Gasteiger partial charge < -0.3 is 11.1 Å². The number of nitrogens with two attached hydrogens (primary N) is 1. The third-order valence-corrected chi connectivity index (χ3v) is 2.54. The van der Waals surface area contributed by atoms with E-state index in [4.69, 9.17) is 5.73 Å². The van der Waals surface area contributed by atoms with Crippen molar-refractivity contribution in [3.05, 3.63) is 0 Å². The molecule has 0 aliphatic rings. The summed E-state index contributed by atoms with van der Waals surface area (Å²) >= 11 is 0. The van der Waals surface area contributed by atoms with Gasteiger partial charge in [-0.15, -0.1) is 0 Å². The average molecular weight is 214 g/mol. The molecule has 90 valence electrons. The molecule has 0 aliphatic heterocycles. The molecule has 0 radical (unpaired) electrons. The molecule has 15 heavy (non-hydrogen) atoms. The molecule has 0 saturated carbocycles. The van der Waals surface area contributed by atoms with Crippen LogP contribution >= 0.6 is 0 Å². The second-order valence-corrected chi connectivity index (χ2v) is 4.10. The van der Waals surface area contributed by atoms with Crippen LogP contribution in [-0.2, 0) is 4.79 Å². The highest BCUT2D eigenvalue weighted by atomic mass is 16.2. The van der Waals surface area contributed by atoms with Gasteiger partial charge in [0.25, 0.3) is 0 Å². The first-order chi connectivity index (χ1) is 7.22. The van der Waals surface area contributed by atoms with E-state index in [1.165, 1.54) is 19.3 Å². The summed E-state index contributed by atoms with van der Waals surface area (Å²) in [7, 11) is 0. The summed E-state index contributed by atoms with van der Waals surface area (Å²) in [6, 6.07) is -0.309. The topological polar surface area (TPSA) is 55.1 Å². The first kappa shape index (κ1) is 14.4. The molecule has 3 heteroatoms. The summed E-state index contributed by atoms with van der Waals surface area (Å²) in [5, 5.41) is 2.89. The summed E-state index contributed by atoms with van der Waals surface area (Å²) in [6.45, 7) is 5.06. The third-order valence-electron chi connectivity index (χ3n) is 2.54.